The van der Waals surface area contributed by atoms with Crippen molar-refractivity contribution in [2.75, 3.05) is 19.8 Å². The number of benzene rings is 1. The number of morpholine rings is 1. The van der Waals surface area contributed by atoms with E-state index >= 15 is 0 Å². The summed E-state index contributed by atoms with van der Waals surface area (Å²) >= 11 is 0. The van der Waals surface area contributed by atoms with E-state index in [1.54, 1.807) is 41.3 Å². The lowest BCUT2D eigenvalue weighted by Gasteiger charge is -2.42. The molecule has 1 atom stereocenters. The van der Waals surface area contributed by atoms with Gasteiger partial charge < -0.3 is 4.74 Å². The highest BCUT2D eigenvalue weighted by Gasteiger charge is 2.31. The standard InChI is InChI=1S/C28H33N5O3S/c1-20-19-36-13-12-32(20)24-10-8-21(9-11-24)22-14-26-27(23-16-30-31(2)17-23)18-33(28(26)29-15-22)37(34,35)25-6-4-3-5-7-25/h3-7,14-18,20-21,24H,8-13,19H2,1-2H3/t20-,21-,24+/m0/s1. The van der Waals surface area contributed by atoms with Crippen molar-refractivity contribution in [1.29, 1.82) is 0 Å². The van der Waals surface area contributed by atoms with Crippen molar-refractivity contribution in [3.05, 3.63) is 66.7 Å². The van der Waals surface area contributed by atoms with Crippen LogP contribution in [0.1, 0.15) is 44.1 Å². The highest BCUT2D eigenvalue weighted by molar-refractivity contribution is 7.90. The molecule has 2 fully saturated rings. The van der Waals surface area contributed by atoms with E-state index in [0.717, 1.165) is 62.0 Å². The van der Waals surface area contributed by atoms with Crippen LogP contribution in [0.25, 0.3) is 22.2 Å². The van der Waals surface area contributed by atoms with Crippen LogP contribution in [0.5, 0.6) is 0 Å². The number of rotatable bonds is 5. The maximum absolute atomic E-state index is 13.6. The van der Waals surface area contributed by atoms with Gasteiger partial charge in [-0.15, -0.1) is 0 Å². The number of aromatic nitrogens is 4. The van der Waals surface area contributed by atoms with Gasteiger partial charge in [0.2, 0.25) is 0 Å². The van der Waals surface area contributed by atoms with Gasteiger partial charge in [-0.25, -0.2) is 17.4 Å². The minimum absolute atomic E-state index is 0.242. The molecule has 0 bridgehead atoms. The van der Waals surface area contributed by atoms with E-state index in [-0.39, 0.29) is 4.90 Å². The average Bonchev–Trinajstić information content (AvgIpc) is 3.53. The second kappa shape index (κ2) is 9.70. The number of nitrogens with zero attached hydrogens (tertiary/aromatic N) is 5. The molecule has 0 radical (unpaired) electrons. The van der Waals surface area contributed by atoms with E-state index in [4.69, 9.17) is 9.72 Å². The van der Waals surface area contributed by atoms with E-state index in [1.165, 1.54) is 9.54 Å². The van der Waals surface area contributed by atoms with Crippen molar-refractivity contribution >= 4 is 21.1 Å². The average molecular weight is 520 g/mol. The third-order valence-corrected chi connectivity index (χ3v) is 9.67. The first-order chi connectivity index (χ1) is 17.9. The van der Waals surface area contributed by atoms with Crippen LogP contribution in [0.3, 0.4) is 0 Å². The van der Waals surface area contributed by atoms with Gasteiger partial charge in [0.15, 0.2) is 5.65 Å². The van der Waals surface area contributed by atoms with E-state index in [2.05, 4.69) is 23.0 Å². The molecule has 0 N–H and O–H groups in total. The summed E-state index contributed by atoms with van der Waals surface area (Å²) in [5, 5.41) is 5.17. The summed E-state index contributed by atoms with van der Waals surface area (Å²) in [7, 11) is -1.94. The maximum Gasteiger partial charge on any atom is 0.269 e. The van der Waals surface area contributed by atoms with E-state index in [0.29, 0.717) is 23.6 Å². The normalized spacial score (nSPS) is 23.5. The molecule has 8 nitrogen and oxygen atoms in total. The molecule has 37 heavy (non-hydrogen) atoms. The Balaban J connectivity index is 1.35. The molecular formula is C28H33N5O3S. The van der Waals surface area contributed by atoms with Gasteiger partial charge in [0.05, 0.1) is 24.3 Å². The van der Waals surface area contributed by atoms with Gasteiger partial charge in [-0.1, -0.05) is 18.2 Å². The highest BCUT2D eigenvalue weighted by Crippen LogP contribution is 2.39. The predicted octanol–water partition coefficient (Wildman–Crippen LogP) is 4.42. The van der Waals surface area contributed by atoms with E-state index < -0.39 is 10.0 Å². The van der Waals surface area contributed by atoms with Gasteiger partial charge >= 0.3 is 0 Å². The number of pyridine rings is 1. The Morgan fingerprint density at radius 3 is 2.51 bits per heavy atom. The highest BCUT2D eigenvalue weighted by atomic mass is 32.2. The van der Waals surface area contributed by atoms with Crippen LogP contribution < -0.4 is 0 Å². The molecule has 1 aromatic carbocycles. The molecule has 4 aromatic rings. The van der Waals surface area contributed by atoms with Crippen LogP contribution in [-0.2, 0) is 21.8 Å². The van der Waals surface area contributed by atoms with Crippen LogP contribution in [-0.4, -0.2) is 63.9 Å². The molecule has 3 aromatic heterocycles. The summed E-state index contributed by atoms with van der Waals surface area (Å²) in [6, 6.07) is 11.8. The molecule has 1 aliphatic carbocycles. The Labute approximate surface area is 217 Å². The molecule has 4 heterocycles. The monoisotopic (exact) mass is 519 g/mol. The number of hydrogen-bond acceptors (Lipinski definition) is 6. The number of aryl methyl sites for hydroxylation is 1. The molecule has 0 amide bonds. The summed E-state index contributed by atoms with van der Waals surface area (Å²) in [6.45, 7) is 4.92. The maximum atomic E-state index is 13.6. The Morgan fingerprint density at radius 1 is 1.03 bits per heavy atom. The smallest absolute Gasteiger partial charge is 0.269 e. The SMILES string of the molecule is C[C@H]1COCCN1[C@H]1CC[C@@H](c2cnc3c(c2)c(-c2cnn(C)c2)cn3S(=O)(=O)c2ccccc2)CC1. The third-order valence-electron chi connectivity index (χ3n) is 8.01. The zero-order valence-corrected chi connectivity index (χ0v) is 22.1. The predicted molar refractivity (Wildman–Crippen MR) is 143 cm³/mol. The summed E-state index contributed by atoms with van der Waals surface area (Å²) in [5.74, 6) is 0.417. The molecule has 194 valence electrons. The molecule has 0 unspecified atom stereocenters. The Bertz CT molecular complexity index is 1500. The first kappa shape index (κ1) is 24.3. The van der Waals surface area contributed by atoms with Gasteiger partial charge in [0.25, 0.3) is 10.0 Å². The minimum Gasteiger partial charge on any atom is -0.379 e. The molecule has 2 aliphatic rings. The van der Waals surface area contributed by atoms with Crippen molar-refractivity contribution in [2.45, 2.75) is 55.5 Å². The van der Waals surface area contributed by atoms with Crippen molar-refractivity contribution in [1.82, 2.24) is 23.6 Å². The van der Waals surface area contributed by atoms with Crippen LogP contribution in [0.15, 0.2) is 66.1 Å². The van der Waals surface area contributed by atoms with E-state index in [1.807, 2.05) is 25.5 Å². The fourth-order valence-corrected chi connectivity index (χ4v) is 7.37. The topological polar surface area (TPSA) is 82.2 Å². The lowest BCUT2D eigenvalue weighted by molar-refractivity contribution is -0.0301. The lowest BCUT2D eigenvalue weighted by Crippen LogP contribution is -2.50. The second-order valence-corrected chi connectivity index (χ2v) is 12.2. The van der Waals surface area contributed by atoms with Gasteiger partial charge in [-0.3, -0.25) is 9.58 Å². The van der Waals surface area contributed by atoms with Gasteiger partial charge in [0, 0.05) is 60.8 Å². The van der Waals surface area contributed by atoms with Crippen molar-refractivity contribution in [2.24, 2.45) is 7.05 Å². The largest absolute Gasteiger partial charge is 0.379 e. The molecule has 1 aliphatic heterocycles. The van der Waals surface area contributed by atoms with Crippen LogP contribution in [0.2, 0.25) is 0 Å². The number of ether oxygens (including phenoxy) is 1. The zero-order valence-electron chi connectivity index (χ0n) is 21.3. The fraction of sp³-hybridized carbons (Fsp3) is 0.429. The molecule has 0 spiro atoms. The van der Waals surface area contributed by atoms with Crippen molar-refractivity contribution < 1.29 is 13.2 Å². The fourth-order valence-electron chi connectivity index (χ4n) is 6.02. The number of fused-ring (bicyclic) bond motifs is 1. The van der Waals surface area contributed by atoms with Gasteiger partial charge in [0.1, 0.15) is 0 Å². The molecular weight excluding hydrogens is 486 g/mol. The number of hydrogen-bond donors (Lipinski definition) is 0. The zero-order chi connectivity index (χ0) is 25.6. The van der Waals surface area contributed by atoms with Gasteiger partial charge in [-0.2, -0.15) is 5.10 Å². The van der Waals surface area contributed by atoms with Crippen molar-refractivity contribution in [3.63, 3.8) is 0 Å². The lowest BCUT2D eigenvalue weighted by atomic mass is 9.81. The summed E-state index contributed by atoms with van der Waals surface area (Å²) in [4.78, 5) is 7.61. The summed E-state index contributed by atoms with van der Waals surface area (Å²) in [6.07, 6.45) is 11.8. The Morgan fingerprint density at radius 2 is 1.81 bits per heavy atom. The van der Waals surface area contributed by atoms with Crippen LogP contribution in [0, 0.1) is 0 Å². The summed E-state index contributed by atoms with van der Waals surface area (Å²) in [5.41, 5.74) is 3.33. The molecule has 1 saturated carbocycles. The van der Waals surface area contributed by atoms with E-state index in [9.17, 15) is 8.42 Å². The Hall–Kier alpha value is -3.01. The van der Waals surface area contributed by atoms with Gasteiger partial charge in [-0.05, 0) is 62.3 Å². The first-order valence-corrected chi connectivity index (χ1v) is 14.5. The second-order valence-electron chi connectivity index (χ2n) is 10.4. The molecule has 9 heteroatoms. The van der Waals surface area contributed by atoms with Crippen LogP contribution in [0.4, 0.5) is 0 Å². The molecule has 1 saturated heterocycles. The molecule has 6 rings (SSSR count). The minimum atomic E-state index is -3.80. The first-order valence-electron chi connectivity index (χ1n) is 13.1. The third kappa shape index (κ3) is 4.49. The quantitative estimate of drug-likeness (QED) is 0.388. The van der Waals surface area contributed by atoms with Crippen LogP contribution >= 0.6 is 0 Å². The summed E-state index contributed by atoms with van der Waals surface area (Å²) < 4.78 is 35.9. The Kier molecular flexibility index (Phi) is 6.38. The van der Waals surface area contributed by atoms with Crippen molar-refractivity contribution in [3.8, 4) is 11.1 Å².